The Morgan fingerprint density at radius 2 is 2.09 bits per heavy atom. The van der Waals surface area contributed by atoms with Gasteiger partial charge in [-0.05, 0) is 17.7 Å². The minimum atomic E-state index is -0.338. The number of anilines is 1. The lowest BCUT2D eigenvalue weighted by atomic mass is 10.0. The molecule has 22 heavy (non-hydrogen) atoms. The van der Waals surface area contributed by atoms with E-state index in [0.29, 0.717) is 23.7 Å². The lowest BCUT2D eigenvalue weighted by Crippen LogP contribution is -2.22. The van der Waals surface area contributed by atoms with Crippen LogP contribution in [0.15, 0.2) is 53.8 Å². The zero-order valence-electron chi connectivity index (χ0n) is 12.0. The third-order valence-corrected chi connectivity index (χ3v) is 3.32. The molecule has 3 rings (SSSR count). The number of amides is 1. The SMILES string of the molecule is COc1cccnc1NC(=O)C1=NO[C@@H](c2ccccc2)C1. The molecule has 1 aromatic heterocycles. The highest BCUT2D eigenvalue weighted by atomic mass is 16.6. The molecule has 0 spiro atoms. The summed E-state index contributed by atoms with van der Waals surface area (Å²) in [7, 11) is 1.52. The van der Waals surface area contributed by atoms with Crippen molar-refractivity contribution in [1.29, 1.82) is 0 Å². The highest BCUT2D eigenvalue weighted by molar-refractivity contribution is 6.43. The summed E-state index contributed by atoms with van der Waals surface area (Å²) in [6.45, 7) is 0. The van der Waals surface area contributed by atoms with E-state index < -0.39 is 0 Å². The standard InChI is InChI=1S/C16H15N3O3/c1-21-13-8-5-9-17-15(13)18-16(20)12-10-14(22-19-12)11-6-3-2-4-7-11/h2-9,14H,10H2,1H3,(H,17,18,20)/t14-/m1/s1. The first kappa shape index (κ1) is 14.1. The molecule has 1 aliphatic heterocycles. The van der Waals surface area contributed by atoms with E-state index in [0.717, 1.165) is 5.56 Å². The van der Waals surface area contributed by atoms with Gasteiger partial charge in [0.2, 0.25) is 0 Å². The smallest absolute Gasteiger partial charge is 0.274 e. The number of rotatable bonds is 4. The number of methoxy groups -OCH3 is 1. The maximum Gasteiger partial charge on any atom is 0.274 e. The number of oxime groups is 1. The molecule has 1 aliphatic rings. The fourth-order valence-corrected chi connectivity index (χ4v) is 2.19. The van der Waals surface area contributed by atoms with Crippen LogP contribution in [0.2, 0.25) is 0 Å². The Morgan fingerprint density at radius 1 is 1.27 bits per heavy atom. The van der Waals surface area contributed by atoms with Gasteiger partial charge in [-0.1, -0.05) is 35.5 Å². The molecule has 1 aromatic carbocycles. The molecule has 2 heterocycles. The Morgan fingerprint density at radius 3 is 2.86 bits per heavy atom. The number of aromatic nitrogens is 1. The largest absolute Gasteiger partial charge is 0.493 e. The molecule has 1 atom stereocenters. The van der Waals surface area contributed by atoms with Gasteiger partial charge in [0.25, 0.3) is 5.91 Å². The zero-order valence-corrected chi connectivity index (χ0v) is 12.0. The van der Waals surface area contributed by atoms with Gasteiger partial charge < -0.3 is 14.9 Å². The summed E-state index contributed by atoms with van der Waals surface area (Å²) >= 11 is 0. The molecule has 6 nitrogen and oxygen atoms in total. The number of hydrogen-bond acceptors (Lipinski definition) is 5. The van der Waals surface area contributed by atoms with E-state index in [4.69, 9.17) is 9.57 Å². The summed E-state index contributed by atoms with van der Waals surface area (Å²) in [5.74, 6) is 0.520. The van der Waals surface area contributed by atoms with Crippen LogP contribution < -0.4 is 10.1 Å². The molecule has 0 bridgehead atoms. The van der Waals surface area contributed by atoms with Crippen LogP contribution in [0.25, 0.3) is 0 Å². The molecule has 1 amide bonds. The number of pyridine rings is 1. The predicted molar refractivity (Wildman–Crippen MR) is 81.7 cm³/mol. The number of nitrogens with one attached hydrogen (secondary N) is 1. The molecule has 0 radical (unpaired) electrons. The fourth-order valence-electron chi connectivity index (χ4n) is 2.19. The van der Waals surface area contributed by atoms with Gasteiger partial charge in [-0.2, -0.15) is 0 Å². The van der Waals surface area contributed by atoms with Crippen molar-refractivity contribution in [1.82, 2.24) is 4.98 Å². The molecule has 0 fully saturated rings. The molecule has 0 aliphatic carbocycles. The predicted octanol–water partition coefficient (Wildman–Crippen LogP) is 2.55. The fraction of sp³-hybridized carbons (Fsp3) is 0.188. The lowest BCUT2D eigenvalue weighted by Gasteiger charge is -2.08. The molecule has 2 aromatic rings. The number of nitrogens with zero attached hydrogens (tertiary/aromatic N) is 2. The second kappa shape index (κ2) is 6.26. The Labute approximate surface area is 127 Å². The normalized spacial score (nSPS) is 16.6. The first-order valence-corrected chi connectivity index (χ1v) is 6.86. The van der Waals surface area contributed by atoms with Crippen LogP contribution in [0.3, 0.4) is 0 Å². The third-order valence-electron chi connectivity index (χ3n) is 3.32. The molecular formula is C16H15N3O3. The van der Waals surface area contributed by atoms with Crippen LogP contribution in [0.4, 0.5) is 5.82 Å². The van der Waals surface area contributed by atoms with E-state index in [1.165, 1.54) is 7.11 Å². The minimum absolute atomic E-state index is 0.229. The molecule has 0 saturated heterocycles. The van der Waals surface area contributed by atoms with Crippen molar-refractivity contribution >= 4 is 17.4 Å². The maximum atomic E-state index is 12.2. The highest BCUT2D eigenvalue weighted by Crippen LogP contribution is 2.28. The second-order valence-corrected chi connectivity index (χ2v) is 4.76. The molecule has 1 N–H and O–H groups in total. The summed E-state index contributed by atoms with van der Waals surface area (Å²) < 4.78 is 5.15. The Kier molecular flexibility index (Phi) is 4.00. The van der Waals surface area contributed by atoms with Gasteiger partial charge in [0.1, 0.15) is 5.71 Å². The van der Waals surface area contributed by atoms with Gasteiger partial charge >= 0.3 is 0 Å². The van der Waals surface area contributed by atoms with Gasteiger partial charge in [0.15, 0.2) is 17.7 Å². The van der Waals surface area contributed by atoms with Gasteiger partial charge in [-0.3, -0.25) is 4.79 Å². The monoisotopic (exact) mass is 297 g/mol. The summed E-state index contributed by atoms with van der Waals surface area (Å²) in [5, 5.41) is 6.57. The van der Waals surface area contributed by atoms with E-state index in [1.807, 2.05) is 30.3 Å². The number of benzene rings is 1. The number of carbonyl (C=O) groups excluding carboxylic acids is 1. The summed E-state index contributed by atoms with van der Waals surface area (Å²) in [6, 6.07) is 13.1. The van der Waals surface area contributed by atoms with Crippen LogP contribution in [0.5, 0.6) is 5.75 Å². The van der Waals surface area contributed by atoms with Crippen molar-refractivity contribution in [2.75, 3.05) is 12.4 Å². The van der Waals surface area contributed by atoms with E-state index in [2.05, 4.69) is 15.5 Å². The van der Waals surface area contributed by atoms with Gasteiger partial charge in [-0.25, -0.2) is 4.98 Å². The van der Waals surface area contributed by atoms with Crippen LogP contribution in [-0.2, 0) is 9.63 Å². The van der Waals surface area contributed by atoms with Crippen molar-refractivity contribution in [2.24, 2.45) is 5.16 Å². The van der Waals surface area contributed by atoms with Crippen LogP contribution in [0.1, 0.15) is 18.1 Å². The zero-order chi connectivity index (χ0) is 15.4. The molecule has 112 valence electrons. The first-order chi connectivity index (χ1) is 10.8. The van der Waals surface area contributed by atoms with Crippen LogP contribution in [0, 0.1) is 0 Å². The average molecular weight is 297 g/mol. The van der Waals surface area contributed by atoms with Crippen LogP contribution in [-0.4, -0.2) is 23.7 Å². The maximum absolute atomic E-state index is 12.2. The van der Waals surface area contributed by atoms with E-state index in [1.54, 1.807) is 18.3 Å². The average Bonchev–Trinajstić information content (AvgIpc) is 3.06. The highest BCUT2D eigenvalue weighted by Gasteiger charge is 2.27. The van der Waals surface area contributed by atoms with Crippen molar-refractivity contribution < 1.29 is 14.4 Å². The Hall–Kier alpha value is -2.89. The molecule has 0 unspecified atom stereocenters. The van der Waals surface area contributed by atoms with E-state index >= 15 is 0 Å². The summed E-state index contributed by atoms with van der Waals surface area (Å²) in [5.41, 5.74) is 1.33. The van der Waals surface area contributed by atoms with Gasteiger partial charge in [-0.15, -0.1) is 0 Å². The lowest BCUT2D eigenvalue weighted by molar-refractivity contribution is -0.110. The topological polar surface area (TPSA) is 72.8 Å². The third kappa shape index (κ3) is 2.90. The Bertz CT molecular complexity index is 701. The van der Waals surface area contributed by atoms with E-state index in [9.17, 15) is 4.79 Å². The molecular weight excluding hydrogens is 282 g/mol. The number of hydrogen-bond donors (Lipinski definition) is 1. The van der Waals surface area contributed by atoms with Gasteiger partial charge in [0.05, 0.1) is 7.11 Å². The van der Waals surface area contributed by atoms with Gasteiger partial charge in [0, 0.05) is 12.6 Å². The summed E-state index contributed by atoms with van der Waals surface area (Å²) in [6.07, 6.45) is 1.77. The number of ether oxygens (including phenoxy) is 1. The van der Waals surface area contributed by atoms with Crippen molar-refractivity contribution in [3.63, 3.8) is 0 Å². The molecule has 6 heteroatoms. The van der Waals surface area contributed by atoms with E-state index in [-0.39, 0.29) is 12.0 Å². The summed E-state index contributed by atoms with van der Waals surface area (Å²) in [4.78, 5) is 21.7. The minimum Gasteiger partial charge on any atom is -0.493 e. The second-order valence-electron chi connectivity index (χ2n) is 4.76. The van der Waals surface area contributed by atoms with Crippen molar-refractivity contribution in [3.8, 4) is 5.75 Å². The van der Waals surface area contributed by atoms with Crippen LogP contribution >= 0.6 is 0 Å². The molecule has 0 saturated carbocycles. The van der Waals surface area contributed by atoms with Crippen molar-refractivity contribution in [2.45, 2.75) is 12.5 Å². The first-order valence-electron chi connectivity index (χ1n) is 6.86. The number of carbonyl (C=O) groups is 1. The quantitative estimate of drug-likeness (QED) is 0.941. The van der Waals surface area contributed by atoms with Crippen molar-refractivity contribution in [3.05, 3.63) is 54.2 Å². The Balaban J connectivity index is 1.67.